The molecule has 2 aliphatic heterocycles. The van der Waals surface area contributed by atoms with E-state index in [4.69, 9.17) is 14.6 Å². The van der Waals surface area contributed by atoms with E-state index in [1.807, 2.05) is 0 Å². The standard InChI is InChI=1S/C9H9N3O2.C2HF3O2/c13-8-12-7-1-2-10-3-6(7)9(14-8)4-11-5-9;3-2(4,5)1(6)7/h1-3,11H,4-5H2,(H,12,13);(H,6,7). The van der Waals surface area contributed by atoms with Crippen LogP contribution in [0, 0.1) is 0 Å². The number of aliphatic carboxylic acids is 1. The zero-order valence-corrected chi connectivity index (χ0v) is 10.4. The predicted molar refractivity (Wildman–Crippen MR) is 62.6 cm³/mol. The number of amides is 1. The third kappa shape index (κ3) is 3.05. The smallest absolute Gasteiger partial charge is 0.475 e. The van der Waals surface area contributed by atoms with Gasteiger partial charge in [0.2, 0.25) is 0 Å². The SMILES string of the molecule is O=C(O)C(F)(F)F.O=C1Nc2ccncc2C2(CNC2)O1. The second kappa shape index (κ2) is 5.20. The molecular formula is C11H10F3N3O4. The van der Waals surface area contributed by atoms with Crippen LogP contribution in [-0.2, 0) is 15.1 Å². The zero-order valence-electron chi connectivity index (χ0n) is 10.4. The van der Waals surface area contributed by atoms with Gasteiger partial charge in [0.25, 0.3) is 0 Å². The van der Waals surface area contributed by atoms with Crippen LogP contribution in [0.4, 0.5) is 23.7 Å². The monoisotopic (exact) mass is 305 g/mol. The highest BCUT2D eigenvalue weighted by Gasteiger charge is 2.47. The number of carboxylic acid groups (broad SMARTS) is 1. The Labute approximate surface area is 116 Å². The number of hydrogen-bond donors (Lipinski definition) is 3. The van der Waals surface area contributed by atoms with Crippen LogP contribution in [0.15, 0.2) is 18.5 Å². The molecule has 1 saturated heterocycles. The van der Waals surface area contributed by atoms with E-state index in [1.165, 1.54) is 0 Å². The van der Waals surface area contributed by atoms with Crippen molar-refractivity contribution in [3.63, 3.8) is 0 Å². The second-order valence-corrected chi connectivity index (χ2v) is 4.34. The third-order valence-corrected chi connectivity index (χ3v) is 2.90. The van der Waals surface area contributed by atoms with Crippen molar-refractivity contribution >= 4 is 17.7 Å². The molecule has 3 heterocycles. The van der Waals surface area contributed by atoms with E-state index in [1.54, 1.807) is 18.5 Å². The Hall–Kier alpha value is -2.36. The van der Waals surface area contributed by atoms with Gasteiger partial charge in [-0.2, -0.15) is 13.2 Å². The molecule has 1 amide bonds. The number of anilines is 1. The number of carbonyl (C=O) groups excluding carboxylic acids is 1. The summed E-state index contributed by atoms with van der Waals surface area (Å²) >= 11 is 0. The van der Waals surface area contributed by atoms with Gasteiger partial charge >= 0.3 is 18.2 Å². The van der Waals surface area contributed by atoms with E-state index in [0.29, 0.717) is 13.1 Å². The quantitative estimate of drug-likeness (QED) is 0.663. The van der Waals surface area contributed by atoms with Gasteiger partial charge < -0.3 is 15.2 Å². The topological polar surface area (TPSA) is 101 Å². The van der Waals surface area contributed by atoms with Crippen molar-refractivity contribution in [2.75, 3.05) is 18.4 Å². The van der Waals surface area contributed by atoms with Gasteiger partial charge in [0.05, 0.1) is 5.69 Å². The van der Waals surface area contributed by atoms with Gasteiger partial charge in [-0.25, -0.2) is 9.59 Å². The van der Waals surface area contributed by atoms with Gasteiger partial charge in [0, 0.05) is 31.0 Å². The van der Waals surface area contributed by atoms with Crippen molar-refractivity contribution in [1.29, 1.82) is 0 Å². The number of alkyl halides is 3. The highest BCUT2D eigenvalue weighted by Crippen LogP contribution is 2.37. The molecule has 1 aromatic heterocycles. The summed E-state index contributed by atoms with van der Waals surface area (Å²) in [6, 6.07) is 1.79. The van der Waals surface area contributed by atoms with E-state index in [9.17, 15) is 18.0 Å². The first-order valence-electron chi connectivity index (χ1n) is 5.70. The summed E-state index contributed by atoms with van der Waals surface area (Å²) in [4.78, 5) is 24.2. The maximum absolute atomic E-state index is 11.3. The van der Waals surface area contributed by atoms with Crippen LogP contribution >= 0.6 is 0 Å². The number of hydrogen-bond acceptors (Lipinski definition) is 5. The molecule has 2 aliphatic rings. The zero-order chi connectivity index (χ0) is 15.7. The number of nitrogens with one attached hydrogen (secondary N) is 2. The maximum atomic E-state index is 11.3. The van der Waals surface area contributed by atoms with Gasteiger partial charge in [0.15, 0.2) is 5.60 Å². The van der Waals surface area contributed by atoms with Crippen LogP contribution in [0.3, 0.4) is 0 Å². The van der Waals surface area contributed by atoms with Gasteiger partial charge in [-0.15, -0.1) is 0 Å². The van der Waals surface area contributed by atoms with Crippen LogP contribution in [0.2, 0.25) is 0 Å². The van der Waals surface area contributed by atoms with Crippen molar-refractivity contribution in [2.45, 2.75) is 11.8 Å². The number of nitrogens with zero attached hydrogens (tertiary/aromatic N) is 1. The lowest BCUT2D eigenvalue weighted by Gasteiger charge is -2.44. The summed E-state index contributed by atoms with van der Waals surface area (Å²) in [5, 5.41) is 12.9. The van der Waals surface area contributed by atoms with Crippen LogP contribution in [-0.4, -0.2) is 41.4 Å². The maximum Gasteiger partial charge on any atom is 0.490 e. The Morgan fingerprint density at radius 3 is 2.52 bits per heavy atom. The lowest BCUT2D eigenvalue weighted by atomic mass is 9.87. The average Bonchev–Trinajstić information content (AvgIpc) is 2.35. The fourth-order valence-electron chi connectivity index (χ4n) is 1.85. The molecule has 0 saturated carbocycles. The second-order valence-electron chi connectivity index (χ2n) is 4.34. The predicted octanol–water partition coefficient (Wildman–Crippen LogP) is 1.08. The van der Waals surface area contributed by atoms with E-state index in [-0.39, 0.29) is 6.09 Å². The average molecular weight is 305 g/mol. The van der Waals surface area contributed by atoms with Crippen molar-refractivity contribution in [2.24, 2.45) is 0 Å². The Morgan fingerprint density at radius 1 is 1.43 bits per heavy atom. The number of carbonyl (C=O) groups is 2. The Kier molecular flexibility index (Phi) is 3.73. The van der Waals surface area contributed by atoms with Crippen LogP contribution < -0.4 is 10.6 Å². The van der Waals surface area contributed by atoms with Gasteiger partial charge in [0.1, 0.15) is 0 Å². The molecule has 1 fully saturated rings. The summed E-state index contributed by atoms with van der Waals surface area (Å²) in [5.41, 5.74) is 1.28. The molecule has 0 radical (unpaired) electrons. The van der Waals surface area contributed by atoms with Crippen LogP contribution in [0.25, 0.3) is 0 Å². The minimum Gasteiger partial charge on any atom is -0.475 e. The molecule has 3 rings (SSSR count). The molecule has 1 spiro atoms. The first-order chi connectivity index (χ1) is 9.74. The number of aromatic nitrogens is 1. The van der Waals surface area contributed by atoms with Crippen molar-refractivity contribution < 1.29 is 32.6 Å². The number of fused-ring (bicyclic) bond motifs is 2. The summed E-state index contributed by atoms with van der Waals surface area (Å²) < 4.78 is 37.0. The molecule has 0 bridgehead atoms. The molecule has 21 heavy (non-hydrogen) atoms. The van der Waals surface area contributed by atoms with E-state index >= 15 is 0 Å². The first-order valence-corrected chi connectivity index (χ1v) is 5.70. The van der Waals surface area contributed by atoms with Crippen LogP contribution in [0.5, 0.6) is 0 Å². The van der Waals surface area contributed by atoms with E-state index in [0.717, 1.165) is 11.3 Å². The minimum absolute atomic E-state index is 0.384. The third-order valence-electron chi connectivity index (χ3n) is 2.90. The number of pyridine rings is 1. The van der Waals surface area contributed by atoms with Gasteiger partial charge in [-0.05, 0) is 6.07 Å². The fourth-order valence-corrected chi connectivity index (χ4v) is 1.85. The van der Waals surface area contributed by atoms with Crippen molar-refractivity contribution in [3.8, 4) is 0 Å². The normalized spacial score (nSPS) is 18.3. The molecular weight excluding hydrogens is 295 g/mol. The highest BCUT2D eigenvalue weighted by atomic mass is 19.4. The summed E-state index contributed by atoms with van der Waals surface area (Å²) in [5.74, 6) is -2.76. The van der Waals surface area contributed by atoms with E-state index in [2.05, 4.69) is 15.6 Å². The molecule has 0 unspecified atom stereocenters. The largest absolute Gasteiger partial charge is 0.490 e. The molecule has 114 valence electrons. The number of ether oxygens (including phenoxy) is 1. The first kappa shape index (κ1) is 15.0. The number of rotatable bonds is 0. The number of halogens is 3. The molecule has 0 atom stereocenters. The summed E-state index contributed by atoms with van der Waals surface area (Å²) in [6.07, 6.45) is -2.06. The molecule has 0 aromatic carbocycles. The summed E-state index contributed by atoms with van der Waals surface area (Å²) in [6.45, 7) is 1.33. The molecule has 7 nitrogen and oxygen atoms in total. The highest BCUT2D eigenvalue weighted by molar-refractivity contribution is 5.88. The fraction of sp³-hybridized carbons (Fsp3) is 0.364. The number of carboxylic acids is 1. The molecule has 0 aliphatic carbocycles. The lowest BCUT2D eigenvalue weighted by Crippen LogP contribution is -2.61. The van der Waals surface area contributed by atoms with Crippen LogP contribution in [0.1, 0.15) is 5.56 Å². The van der Waals surface area contributed by atoms with Crippen molar-refractivity contribution in [3.05, 3.63) is 24.0 Å². The molecule has 10 heteroatoms. The van der Waals surface area contributed by atoms with Gasteiger partial charge in [-0.3, -0.25) is 10.3 Å². The Bertz CT molecular complexity index is 572. The Morgan fingerprint density at radius 2 is 2.05 bits per heavy atom. The Balaban J connectivity index is 0.000000199. The molecule has 3 N–H and O–H groups in total. The lowest BCUT2D eigenvalue weighted by molar-refractivity contribution is -0.192. The minimum atomic E-state index is -5.08. The van der Waals surface area contributed by atoms with Crippen molar-refractivity contribution in [1.82, 2.24) is 10.3 Å². The van der Waals surface area contributed by atoms with Gasteiger partial charge in [-0.1, -0.05) is 0 Å². The van der Waals surface area contributed by atoms with E-state index < -0.39 is 17.7 Å². The summed E-state index contributed by atoms with van der Waals surface area (Å²) in [7, 11) is 0. The molecule has 1 aromatic rings.